The molecule has 0 spiro atoms. The molecule has 0 saturated carbocycles. The molecule has 27 heavy (non-hydrogen) atoms. The standard InChI is InChI=1S/C20H23N5OS/c1-15-21-13-18(27-15)14-24-11-3-2-5-19(24)20(26)23-16-6-8-17(9-7-16)25-12-4-10-22-25/h4,6-10,12-13,19H,2-3,5,11,14H2,1H3,(H,23,26)/t19-/m1/s1. The van der Waals surface area contributed by atoms with E-state index in [0.29, 0.717) is 0 Å². The van der Waals surface area contributed by atoms with Gasteiger partial charge in [0.15, 0.2) is 0 Å². The molecule has 1 aliphatic rings. The van der Waals surface area contributed by atoms with E-state index >= 15 is 0 Å². The van der Waals surface area contributed by atoms with Crippen molar-refractivity contribution in [3.05, 3.63) is 58.8 Å². The Labute approximate surface area is 162 Å². The number of piperidine rings is 1. The minimum atomic E-state index is -0.0908. The number of rotatable bonds is 5. The summed E-state index contributed by atoms with van der Waals surface area (Å²) in [5.41, 5.74) is 1.79. The van der Waals surface area contributed by atoms with Crippen LogP contribution in [0.5, 0.6) is 0 Å². The average Bonchev–Trinajstić information content (AvgIpc) is 3.35. The van der Waals surface area contributed by atoms with Crippen LogP contribution in [0.4, 0.5) is 5.69 Å². The number of hydrogen-bond acceptors (Lipinski definition) is 5. The fourth-order valence-corrected chi connectivity index (χ4v) is 4.32. The molecule has 0 radical (unpaired) electrons. The molecule has 0 aliphatic carbocycles. The van der Waals surface area contributed by atoms with Gasteiger partial charge in [-0.1, -0.05) is 6.42 Å². The quantitative estimate of drug-likeness (QED) is 0.733. The van der Waals surface area contributed by atoms with Crippen molar-refractivity contribution in [1.82, 2.24) is 19.7 Å². The zero-order valence-corrected chi connectivity index (χ0v) is 16.2. The highest BCUT2D eigenvalue weighted by Gasteiger charge is 2.29. The summed E-state index contributed by atoms with van der Waals surface area (Å²) in [6, 6.07) is 9.57. The Hall–Kier alpha value is -2.51. The Morgan fingerprint density at radius 2 is 2.15 bits per heavy atom. The third-order valence-electron chi connectivity index (χ3n) is 4.85. The zero-order chi connectivity index (χ0) is 18.6. The summed E-state index contributed by atoms with van der Waals surface area (Å²) in [6.45, 7) is 3.76. The van der Waals surface area contributed by atoms with E-state index in [4.69, 9.17) is 0 Å². The molecule has 2 aromatic heterocycles. The van der Waals surface area contributed by atoms with Crippen LogP contribution in [0.15, 0.2) is 48.9 Å². The number of anilines is 1. The van der Waals surface area contributed by atoms with Crippen LogP contribution in [0.2, 0.25) is 0 Å². The van der Waals surface area contributed by atoms with Gasteiger partial charge in [0, 0.05) is 35.7 Å². The maximum Gasteiger partial charge on any atom is 0.241 e. The number of nitrogens with zero attached hydrogens (tertiary/aromatic N) is 4. The Morgan fingerprint density at radius 3 is 2.85 bits per heavy atom. The molecule has 6 nitrogen and oxygen atoms in total. The molecule has 1 N–H and O–H groups in total. The maximum atomic E-state index is 12.9. The van der Waals surface area contributed by atoms with Crippen LogP contribution in [0, 0.1) is 6.92 Å². The van der Waals surface area contributed by atoms with Gasteiger partial charge in [-0.3, -0.25) is 9.69 Å². The van der Waals surface area contributed by atoms with Gasteiger partial charge in [0.05, 0.1) is 16.7 Å². The summed E-state index contributed by atoms with van der Waals surface area (Å²) >= 11 is 1.71. The highest BCUT2D eigenvalue weighted by Crippen LogP contribution is 2.23. The minimum absolute atomic E-state index is 0.0720. The molecule has 1 saturated heterocycles. The molecular weight excluding hydrogens is 358 g/mol. The lowest BCUT2D eigenvalue weighted by Crippen LogP contribution is -2.46. The van der Waals surface area contributed by atoms with Crippen molar-refractivity contribution in [2.45, 2.75) is 38.8 Å². The molecule has 1 atom stereocenters. The normalized spacial score (nSPS) is 17.7. The van der Waals surface area contributed by atoms with Crippen LogP contribution < -0.4 is 5.32 Å². The first kappa shape index (κ1) is 17.9. The van der Waals surface area contributed by atoms with Crippen LogP contribution in [-0.2, 0) is 11.3 Å². The molecule has 140 valence electrons. The molecule has 0 bridgehead atoms. The van der Waals surface area contributed by atoms with E-state index in [9.17, 15) is 4.79 Å². The number of hydrogen-bond donors (Lipinski definition) is 1. The van der Waals surface area contributed by atoms with E-state index in [2.05, 4.69) is 20.3 Å². The Kier molecular flexibility index (Phi) is 5.31. The highest BCUT2D eigenvalue weighted by molar-refractivity contribution is 7.11. The predicted octanol–water partition coefficient (Wildman–Crippen LogP) is 3.63. The summed E-state index contributed by atoms with van der Waals surface area (Å²) in [7, 11) is 0. The fourth-order valence-electron chi connectivity index (χ4n) is 3.50. The Bertz CT molecular complexity index is 888. The Balaban J connectivity index is 1.42. The van der Waals surface area contributed by atoms with E-state index in [0.717, 1.165) is 48.7 Å². The number of aromatic nitrogens is 3. The lowest BCUT2D eigenvalue weighted by molar-refractivity contribution is -0.122. The number of benzene rings is 1. The van der Waals surface area contributed by atoms with Crippen molar-refractivity contribution < 1.29 is 4.79 Å². The second kappa shape index (κ2) is 8.02. The first-order valence-corrected chi connectivity index (χ1v) is 10.1. The summed E-state index contributed by atoms with van der Waals surface area (Å²) < 4.78 is 1.80. The van der Waals surface area contributed by atoms with E-state index in [1.165, 1.54) is 4.88 Å². The average molecular weight is 382 g/mol. The molecule has 1 aliphatic heterocycles. The third-order valence-corrected chi connectivity index (χ3v) is 5.75. The van der Waals surface area contributed by atoms with Crippen LogP contribution in [0.1, 0.15) is 29.1 Å². The second-order valence-corrected chi connectivity index (χ2v) is 8.13. The van der Waals surface area contributed by atoms with E-state index in [1.807, 2.05) is 49.6 Å². The molecule has 4 rings (SSSR count). The van der Waals surface area contributed by atoms with Gasteiger partial charge in [0.25, 0.3) is 0 Å². The van der Waals surface area contributed by atoms with Crippen LogP contribution in [-0.4, -0.2) is 38.2 Å². The van der Waals surface area contributed by atoms with Gasteiger partial charge < -0.3 is 5.32 Å². The van der Waals surface area contributed by atoms with Gasteiger partial charge in [-0.2, -0.15) is 5.10 Å². The Morgan fingerprint density at radius 1 is 1.30 bits per heavy atom. The molecule has 1 aromatic carbocycles. The van der Waals surface area contributed by atoms with Gasteiger partial charge in [0.2, 0.25) is 5.91 Å². The number of carbonyl (C=O) groups excluding carboxylic acids is 1. The number of amides is 1. The lowest BCUT2D eigenvalue weighted by atomic mass is 10.0. The molecule has 3 heterocycles. The minimum Gasteiger partial charge on any atom is -0.325 e. The first-order valence-electron chi connectivity index (χ1n) is 9.25. The summed E-state index contributed by atoms with van der Waals surface area (Å²) in [4.78, 5) is 20.7. The van der Waals surface area contributed by atoms with E-state index < -0.39 is 0 Å². The van der Waals surface area contributed by atoms with Crippen molar-refractivity contribution >= 4 is 22.9 Å². The number of nitrogens with one attached hydrogen (secondary N) is 1. The molecular formula is C20H23N5OS. The molecule has 1 amide bonds. The van der Waals surface area contributed by atoms with Gasteiger partial charge in [0.1, 0.15) is 0 Å². The van der Waals surface area contributed by atoms with Gasteiger partial charge in [-0.25, -0.2) is 9.67 Å². The van der Waals surface area contributed by atoms with Crippen LogP contribution in [0.3, 0.4) is 0 Å². The number of carbonyl (C=O) groups is 1. The van der Waals surface area contributed by atoms with Crippen LogP contribution >= 0.6 is 11.3 Å². The summed E-state index contributed by atoms with van der Waals surface area (Å²) in [5.74, 6) is 0.0720. The van der Waals surface area contributed by atoms with Crippen molar-refractivity contribution in [2.75, 3.05) is 11.9 Å². The SMILES string of the molecule is Cc1ncc(CN2CCCC[C@@H]2C(=O)Nc2ccc(-n3cccn3)cc2)s1. The monoisotopic (exact) mass is 381 g/mol. The summed E-state index contributed by atoms with van der Waals surface area (Å²) in [6.07, 6.45) is 8.70. The second-order valence-electron chi connectivity index (χ2n) is 6.81. The molecule has 7 heteroatoms. The number of thiazole rings is 1. The largest absolute Gasteiger partial charge is 0.325 e. The van der Waals surface area contributed by atoms with Gasteiger partial charge in [-0.05, 0) is 56.6 Å². The summed E-state index contributed by atoms with van der Waals surface area (Å²) in [5, 5.41) is 8.37. The molecule has 1 fully saturated rings. The van der Waals surface area contributed by atoms with Crippen molar-refractivity contribution in [3.63, 3.8) is 0 Å². The third kappa shape index (κ3) is 4.26. The van der Waals surface area contributed by atoms with Gasteiger partial charge >= 0.3 is 0 Å². The number of aryl methyl sites for hydroxylation is 1. The fraction of sp³-hybridized carbons (Fsp3) is 0.350. The lowest BCUT2D eigenvalue weighted by Gasteiger charge is -2.34. The van der Waals surface area contributed by atoms with Crippen LogP contribution in [0.25, 0.3) is 5.69 Å². The zero-order valence-electron chi connectivity index (χ0n) is 15.3. The van der Waals surface area contributed by atoms with Crippen molar-refractivity contribution in [2.24, 2.45) is 0 Å². The smallest absolute Gasteiger partial charge is 0.241 e. The molecule has 3 aromatic rings. The molecule has 0 unspecified atom stereocenters. The predicted molar refractivity (Wildman–Crippen MR) is 107 cm³/mol. The first-order chi connectivity index (χ1) is 13.2. The van der Waals surface area contributed by atoms with Gasteiger partial charge in [-0.15, -0.1) is 11.3 Å². The maximum absolute atomic E-state index is 12.9. The number of likely N-dealkylation sites (tertiary alicyclic amines) is 1. The highest BCUT2D eigenvalue weighted by atomic mass is 32.1. The van der Waals surface area contributed by atoms with Crippen molar-refractivity contribution in [3.8, 4) is 5.69 Å². The van der Waals surface area contributed by atoms with E-state index in [1.54, 1.807) is 22.2 Å². The topological polar surface area (TPSA) is 63.1 Å². The van der Waals surface area contributed by atoms with E-state index in [-0.39, 0.29) is 11.9 Å². The van der Waals surface area contributed by atoms with Crippen molar-refractivity contribution in [1.29, 1.82) is 0 Å².